The first-order valence-electron chi connectivity index (χ1n) is 4.70. The molecule has 0 N–H and O–H groups in total. The van der Waals surface area contributed by atoms with E-state index in [2.05, 4.69) is 14.9 Å². The van der Waals surface area contributed by atoms with Crippen molar-refractivity contribution in [1.29, 1.82) is 0 Å². The zero-order valence-electron chi connectivity index (χ0n) is 8.45. The lowest BCUT2D eigenvalue weighted by Gasteiger charge is -2.24. The largest absolute Gasteiger partial charge is 0.302 e. The maximum absolute atomic E-state index is 11.3. The second-order valence-electron chi connectivity index (χ2n) is 3.69. The Morgan fingerprint density at radius 1 is 1.50 bits per heavy atom. The second-order valence-corrected chi connectivity index (χ2v) is 3.69. The number of hydrogen-bond donors (Lipinski definition) is 0. The fourth-order valence-corrected chi connectivity index (χ4v) is 1.78. The molecule has 14 heavy (non-hydrogen) atoms. The summed E-state index contributed by atoms with van der Waals surface area (Å²) in [6, 6.07) is 0. The lowest BCUT2D eigenvalue weighted by Crippen LogP contribution is -2.29. The van der Waals surface area contributed by atoms with Crippen LogP contribution in [0.25, 0.3) is 0 Å². The third-order valence-corrected chi connectivity index (χ3v) is 2.53. The van der Waals surface area contributed by atoms with Gasteiger partial charge in [-0.15, -0.1) is 0 Å². The van der Waals surface area contributed by atoms with Crippen LogP contribution in [0.15, 0.2) is 6.33 Å². The molecule has 4 nitrogen and oxygen atoms in total. The maximum atomic E-state index is 11.3. The van der Waals surface area contributed by atoms with Gasteiger partial charge in [-0.05, 0) is 7.05 Å². The van der Waals surface area contributed by atoms with Gasteiger partial charge in [0.25, 0.3) is 0 Å². The van der Waals surface area contributed by atoms with Crippen molar-refractivity contribution in [2.75, 3.05) is 13.6 Å². The minimum absolute atomic E-state index is 0.0268. The van der Waals surface area contributed by atoms with Gasteiger partial charge in [-0.3, -0.25) is 4.79 Å². The molecule has 0 fully saturated rings. The molecule has 1 aliphatic heterocycles. The summed E-state index contributed by atoms with van der Waals surface area (Å²) >= 11 is 0. The van der Waals surface area contributed by atoms with Crippen LogP contribution in [0.1, 0.15) is 28.7 Å². The molecule has 0 spiro atoms. The van der Waals surface area contributed by atoms with Crippen molar-refractivity contribution in [2.45, 2.75) is 19.9 Å². The first kappa shape index (κ1) is 9.27. The molecule has 1 aliphatic rings. The van der Waals surface area contributed by atoms with Crippen LogP contribution in [-0.2, 0) is 13.0 Å². The molecule has 1 aromatic rings. The molecule has 1 aromatic heterocycles. The molecular formula is C10H13N3O. The Morgan fingerprint density at radius 2 is 2.29 bits per heavy atom. The van der Waals surface area contributed by atoms with Crippen LogP contribution in [0.4, 0.5) is 0 Å². The van der Waals surface area contributed by atoms with E-state index in [1.807, 2.05) is 7.05 Å². The van der Waals surface area contributed by atoms with E-state index in [0.717, 1.165) is 30.8 Å². The van der Waals surface area contributed by atoms with E-state index in [9.17, 15) is 4.79 Å². The highest BCUT2D eigenvalue weighted by Gasteiger charge is 2.20. The maximum Gasteiger partial charge on any atom is 0.178 e. The van der Waals surface area contributed by atoms with Crippen LogP contribution in [-0.4, -0.2) is 34.2 Å². The van der Waals surface area contributed by atoms with Crippen molar-refractivity contribution < 1.29 is 4.79 Å². The summed E-state index contributed by atoms with van der Waals surface area (Å²) in [5.74, 6) is 0.0268. The second kappa shape index (κ2) is 3.46. The fourth-order valence-electron chi connectivity index (χ4n) is 1.78. The van der Waals surface area contributed by atoms with Crippen molar-refractivity contribution in [1.82, 2.24) is 14.9 Å². The summed E-state index contributed by atoms with van der Waals surface area (Å²) in [7, 11) is 2.04. The van der Waals surface area contributed by atoms with Gasteiger partial charge in [0.15, 0.2) is 5.78 Å². The van der Waals surface area contributed by atoms with Gasteiger partial charge in [0, 0.05) is 32.0 Å². The summed E-state index contributed by atoms with van der Waals surface area (Å²) < 4.78 is 0. The molecule has 0 aliphatic carbocycles. The quantitative estimate of drug-likeness (QED) is 0.612. The van der Waals surface area contributed by atoms with Gasteiger partial charge in [-0.25, -0.2) is 9.97 Å². The molecule has 0 atom stereocenters. The predicted octanol–water partition coefficient (Wildman–Crippen LogP) is 0.667. The minimum atomic E-state index is 0.0268. The van der Waals surface area contributed by atoms with E-state index in [4.69, 9.17) is 0 Å². The van der Waals surface area contributed by atoms with Gasteiger partial charge in [0.2, 0.25) is 0 Å². The Hall–Kier alpha value is -1.29. The third-order valence-electron chi connectivity index (χ3n) is 2.53. The van der Waals surface area contributed by atoms with Gasteiger partial charge in [0.05, 0.1) is 5.69 Å². The number of likely N-dealkylation sites (N-methyl/N-ethyl adjacent to an activating group) is 1. The smallest absolute Gasteiger partial charge is 0.178 e. The zero-order valence-corrected chi connectivity index (χ0v) is 8.45. The number of carbonyl (C=O) groups excluding carboxylic acids is 1. The standard InChI is InChI=1S/C10H13N3O/c1-7(14)10-8-5-13(2)4-3-9(8)11-6-12-10/h6H,3-5H2,1-2H3. The Labute approximate surface area is 83.0 Å². The molecule has 0 unspecified atom stereocenters. The van der Waals surface area contributed by atoms with Gasteiger partial charge >= 0.3 is 0 Å². The minimum Gasteiger partial charge on any atom is -0.302 e. The Bertz CT molecular complexity index is 376. The first-order valence-corrected chi connectivity index (χ1v) is 4.70. The van der Waals surface area contributed by atoms with Crippen molar-refractivity contribution in [3.8, 4) is 0 Å². The molecule has 0 aromatic carbocycles. The zero-order chi connectivity index (χ0) is 10.1. The highest BCUT2D eigenvalue weighted by Crippen LogP contribution is 2.18. The number of Topliss-reactive ketones (excluding diaryl/α,β-unsaturated/α-hetero) is 1. The van der Waals surface area contributed by atoms with E-state index >= 15 is 0 Å². The average molecular weight is 191 g/mol. The summed E-state index contributed by atoms with van der Waals surface area (Å²) in [5, 5.41) is 0. The lowest BCUT2D eigenvalue weighted by molar-refractivity contribution is 0.101. The van der Waals surface area contributed by atoms with Crippen LogP contribution >= 0.6 is 0 Å². The van der Waals surface area contributed by atoms with Crippen molar-refractivity contribution >= 4 is 5.78 Å². The van der Waals surface area contributed by atoms with E-state index in [1.165, 1.54) is 6.33 Å². The van der Waals surface area contributed by atoms with E-state index in [1.54, 1.807) is 6.92 Å². The number of ketones is 1. The number of carbonyl (C=O) groups is 1. The molecule has 0 radical (unpaired) electrons. The van der Waals surface area contributed by atoms with Crippen LogP contribution in [0.5, 0.6) is 0 Å². The highest BCUT2D eigenvalue weighted by molar-refractivity contribution is 5.93. The molecule has 2 rings (SSSR count). The number of nitrogens with zero attached hydrogens (tertiary/aromatic N) is 3. The van der Waals surface area contributed by atoms with Gasteiger partial charge in [-0.1, -0.05) is 0 Å². The van der Waals surface area contributed by atoms with Crippen molar-refractivity contribution in [3.05, 3.63) is 23.3 Å². The summed E-state index contributed by atoms with van der Waals surface area (Å²) in [6.45, 7) is 3.34. The predicted molar refractivity (Wildman–Crippen MR) is 52.1 cm³/mol. The van der Waals surface area contributed by atoms with Crippen LogP contribution < -0.4 is 0 Å². The molecule has 2 heterocycles. The van der Waals surface area contributed by atoms with Gasteiger partial charge < -0.3 is 4.90 Å². The van der Waals surface area contributed by atoms with E-state index in [0.29, 0.717) is 5.69 Å². The Kier molecular flexibility index (Phi) is 2.29. The fraction of sp³-hybridized carbons (Fsp3) is 0.500. The third kappa shape index (κ3) is 1.53. The van der Waals surface area contributed by atoms with Gasteiger partial charge in [-0.2, -0.15) is 0 Å². The number of rotatable bonds is 1. The van der Waals surface area contributed by atoms with Crippen molar-refractivity contribution in [2.24, 2.45) is 0 Å². The molecule has 0 saturated heterocycles. The van der Waals surface area contributed by atoms with Crippen LogP contribution in [0, 0.1) is 0 Å². The monoisotopic (exact) mass is 191 g/mol. The summed E-state index contributed by atoms with van der Waals surface area (Å²) in [5.41, 5.74) is 2.62. The lowest BCUT2D eigenvalue weighted by atomic mass is 10.0. The van der Waals surface area contributed by atoms with E-state index in [-0.39, 0.29) is 5.78 Å². The number of fused-ring (bicyclic) bond motifs is 1. The Morgan fingerprint density at radius 3 is 3.00 bits per heavy atom. The highest BCUT2D eigenvalue weighted by atomic mass is 16.1. The molecular weight excluding hydrogens is 178 g/mol. The molecule has 0 saturated carbocycles. The summed E-state index contributed by atoms with van der Waals surface area (Å²) in [6.07, 6.45) is 2.40. The topological polar surface area (TPSA) is 46.1 Å². The first-order chi connectivity index (χ1) is 6.68. The summed E-state index contributed by atoms with van der Waals surface area (Å²) in [4.78, 5) is 21.7. The van der Waals surface area contributed by atoms with Crippen molar-refractivity contribution in [3.63, 3.8) is 0 Å². The average Bonchev–Trinajstić information content (AvgIpc) is 2.16. The molecule has 0 bridgehead atoms. The van der Waals surface area contributed by atoms with E-state index < -0.39 is 0 Å². The van der Waals surface area contributed by atoms with Gasteiger partial charge in [0.1, 0.15) is 12.0 Å². The SMILES string of the molecule is CC(=O)c1ncnc2c1CN(C)CC2. The normalized spacial score (nSPS) is 16.4. The van der Waals surface area contributed by atoms with Crippen LogP contribution in [0.3, 0.4) is 0 Å². The van der Waals surface area contributed by atoms with Crippen LogP contribution in [0.2, 0.25) is 0 Å². The number of hydrogen-bond acceptors (Lipinski definition) is 4. The Balaban J connectivity index is 2.48. The molecule has 74 valence electrons. The molecule has 0 amide bonds. The number of aromatic nitrogens is 2. The molecule has 4 heteroatoms.